The molecule has 0 spiro atoms. The zero-order valence-corrected chi connectivity index (χ0v) is 8.55. The van der Waals surface area contributed by atoms with Crippen LogP contribution in [0.25, 0.3) is 10.8 Å². The van der Waals surface area contributed by atoms with E-state index in [-0.39, 0.29) is 5.82 Å². The summed E-state index contributed by atoms with van der Waals surface area (Å²) in [4.78, 5) is 0. The number of hydrogen-bond acceptors (Lipinski definition) is 0. The van der Waals surface area contributed by atoms with E-state index in [1.807, 2.05) is 25.1 Å². The molecule has 0 fully saturated rings. The monoisotopic (exact) mass is 198 g/mol. The summed E-state index contributed by atoms with van der Waals surface area (Å²) >= 11 is 0. The highest BCUT2D eigenvalue weighted by atomic mass is 19.1. The van der Waals surface area contributed by atoms with Gasteiger partial charge in [-0.05, 0) is 35.0 Å². The van der Waals surface area contributed by atoms with E-state index in [0.717, 1.165) is 22.8 Å². The van der Waals surface area contributed by atoms with Gasteiger partial charge in [0.15, 0.2) is 0 Å². The quantitative estimate of drug-likeness (QED) is 0.566. The van der Waals surface area contributed by atoms with Gasteiger partial charge in [-0.2, -0.15) is 0 Å². The summed E-state index contributed by atoms with van der Waals surface area (Å²) in [5.41, 5.74) is 0.940. The number of fused-ring (bicyclic) bond motifs is 1. The molecule has 2 aromatic carbocycles. The van der Waals surface area contributed by atoms with Crippen LogP contribution in [-0.2, 0) is 0 Å². The summed E-state index contributed by atoms with van der Waals surface area (Å²) in [6.07, 6.45) is 0.835. The molecule has 0 aliphatic rings. The summed E-state index contributed by atoms with van der Waals surface area (Å²) in [5, 5.41) is 1.94. The molecule has 0 atom stereocenters. The molecular formula is C14H11F. The molecule has 0 heterocycles. The maximum absolute atomic E-state index is 13.0. The molecule has 2 rings (SSSR count). The number of rotatable bonds is 0. The third kappa shape index (κ3) is 2.16. The van der Waals surface area contributed by atoms with Crippen LogP contribution in [0.5, 0.6) is 0 Å². The Morgan fingerprint density at radius 2 is 1.87 bits per heavy atom. The molecule has 0 unspecified atom stereocenters. The van der Waals surface area contributed by atoms with Crippen LogP contribution in [0.3, 0.4) is 0 Å². The molecule has 0 aliphatic heterocycles. The van der Waals surface area contributed by atoms with Crippen LogP contribution in [0.15, 0.2) is 36.4 Å². The van der Waals surface area contributed by atoms with Crippen molar-refractivity contribution in [2.45, 2.75) is 13.3 Å². The van der Waals surface area contributed by atoms with Crippen LogP contribution < -0.4 is 0 Å². The van der Waals surface area contributed by atoms with Crippen molar-refractivity contribution in [1.29, 1.82) is 0 Å². The highest BCUT2D eigenvalue weighted by molar-refractivity contribution is 5.83. The molecular weight excluding hydrogens is 187 g/mol. The lowest BCUT2D eigenvalue weighted by Crippen LogP contribution is -1.79. The predicted octanol–water partition coefficient (Wildman–Crippen LogP) is 3.74. The Morgan fingerprint density at radius 3 is 2.67 bits per heavy atom. The second kappa shape index (κ2) is 4.14. The van der Waals surface area contributed by atoms with Gasteiger partial charge in [-0.1, -0.05) is 30.9 Å². The van der Waals surface area contributed by atoms with Crippen LogP contribution in [0, 0.1) is 17.7 Å². The minimum absolute atomic E-state index is 0.205. The molecule has 0 saturated heterocycles. The van der Waals surface area contributed by atoms with Gasteiger partial charge in [0.05, 0.1) is 0 Å². The van der Waals surface area contributed by atoms with Crippen molar-refractivity contribution in [1.82, 2.24) is 0 Å². The first-order valence-electron chi connectivity index (χ1n) is 4.98. The summed E-state index contributed by atoms with van der Waals surface area (Å²) in [6, 6.07) is 10.6. The first-order chi connectivity index (χ1) is 7.29. The highest BCUT2D eigenvalue weighted by Gasteiger charge is 1.96. The van der Waals surface area contributed by atoms with Crippen molar-refractivity contribution >= 4 is 10.8 Å². The van der Waals surface area contributed by atoms with Gasteiger partial charge in [0, 0.05) is 12.0 Å². The summed E-state index contributed by atoms with van der Waals surface area (Å²) in [7, 11) is 0. The van der Waals surface area contributed by atoms with Crippen LogP contribution in [0.1, 0.15) is 18.9 Å². The Bertz CT molecular complexity index is 544. The molecule has 15 heavy (non-hydrogen) atoms. The average molecular weight is 198 g/mol. The molecule has 0 saturated carbocycles. The van der Waals surface area contributed by atoms with Crippen LogP contribution in [-0.4, -0.2) is 0 Å². The van der Waals surface area contributed by atoms with Gasteiger partial charge in [0.25, 0.3) is 0 Å². The highest BCUT2D eigenvalue weighted by Crippen LogP contribution is 2.16. The fourth-order valence-corrected chi connectivity index (χ4v) is 1.49. The molecule has 0 aliphatic carbocycles. The third-order valence-corrected chi connectivity index (χ3v) is 2.21. The zero-order valence-electron chi connectivity index (χ0n) is 8.55. The Kier molecular flexibility index (Phi) is 2.69. The lowest BCUT2D eigenvalue weighted by Gasteiger charge is -1.98. The van der Waals surface area contributed by atoms with Gasteiger partial charge < -0.3 is 0 Å². The van der Waals surface area contributed by atoms with Crippen molar-refractivity contribution in [3.05, 3.63) is 47.8 Å². The summed E-state index contributed by atoms with van der Waals surface area (Å²) in [5.74, 6) is 5.83. The minimum atomic E-state index is -0.205. The second-order valence-electron chi connectivity index (χ2n) is 3.36. The van der Waals surface area contributed by atoms with E-state index < -0.39 is 0 Å². The summed E-state index contributed by atoms with van der Waals surface area (Å²) < 4.78 is 13.0. The first-order valence-corrected chi connectivity index (χ1v) is 4.98. The lowest BCUT2D eigenvalue weighted by atomic mass is 10.1. The number of benzene rings is 2. The molecule has 74 valence electrons. The van der Waals surface area contributed by atoms with E-state index in [0.29, 0.717) is 0 Å². The molecule has 1 heteroatoms. The number of halogens is 1. The van der Waals surface area contributed by atoms with Crippen LogP contribution >= 0.6 is 0 Å². The standard InChI is InChI=1S/C14H11F/c1-2-3-4-11-5-6-12-7-8-14(15)10-13(12)9-11/h5-10H,2H2,1H3. The summed E-state index contributed by atoms with van der Waals surface area (Å²) in [6.45, 7) is 2.01. The van der Waals surface area contributed by atoms with Gasteiger partial charge >= 0.3 is 0 Å². The molecule has 2 aromatic rings. The van der Waals surface area contributed by atoms with E-state index in [1.165, 1.54) is 12.1 Å². The molecule has 0 bridgehead atoms. The Morgan fingerprint density at radius 1 is 1.07 bits per heavy atom. The topological polar surface area (TPSA) is 0 Å². The van der Waals surface area contributed by atoms with Crippen molar-refractivity contribution in [3.63, 3.8) is 0 Å². The SMILES string of the molecule is CCC#Cc1ccc2ccc(F)cc2c1. The van der Waals surface area contributed by atoms with E-state index in [2.05, 4.69) is 11.8 Å². The normalized spacial score (nSPS) is 9.73. The van der Waals surface area contributed by atoms with Crippen molar-refractivity contribution < 1.29 is 4.39 Å². The van der Waals surface area contributed by atoms with Gasteiger partial charge in [-0.3, -0.25) is 0 Å². The Balaban J connectivity index is 2.54. The predicted molar refractivity (Wildman–Crippen MR) is 61.1 cm³/mol. The average Bonchev–Trinajstić information content (AvgIpc) is 2.25. The Hall–Kier alpha value is -1.81. The minimum Gasteiger partial charge on any atom is -0.207 e. The molecule has 0 amide bonds. The van der Waals surface area contributed by atoms with Crippen LogP contribution in [0.4, 0.5) is 4.39 Å². The van der Waals surface area contributed by atoms with E-state index in [4.69, 9.17) is 0 Å². The van der Waals surface area contributed by atoms with Crippen molar-refractivity contribution in [2.75, 3.05) is 0 Å². The van der Waals surface area contributed by atoms with Crippen molar-refractivity contribution in [3.8, 4) is 11.8 Å². The second-order valence-corrected chi connectivity index (χ2v) is 3.36. The zero-order chi connectivity index (χ0) is 10.7. The third-order valence-electron chi connectivity index (χ3n) is 2.21. The molecule has 0 radical (unpaired) electrons. The largest absolute Gasteiger partial charge is 0.207 e. The molecule has 0 nitrogen and oxygen atoms in total. The van der Waals surface area contributed by atoms with E-state index >= 15 is 0 Å². The maximum atomic E-state index is 13.0. The van der Waals surface area contributed by atoms with Crippen molar-refractivity contribution in [2.24, 2.45) is 0 Å². The van der Waals surface area contributed by atoms with Gasteiger partial charge in [0.2, 0.25) is 0 Å². The smallest absolute Gasteiger partial charge is 0.123 e. The van der Waals surface area contributed by atoms with Gasteiger partial charge in [-0.15, -0.1) is 0 Å². The number of hydrogen-bond donors (Lipinski definition) is 0. The fraction of sp³-hybridized carbons (Fsp3) is 0.143. The first kappa shape index (κ1) is 9.73. The van der Waals surface area contributed by atoms with E-state index in [9.17, 15) is 4.39 Å². The van der Waals surface area contributed by atoms with Gasteiger partial charge in [0.1, 0.15) is 5.82 Å². The molecule has 0 N–H and O–H groups in total. The maximum Gasteiger partial charge on any atom is 0.123 e. The Labute approximate surface area is 88.7 Å². The molecule has 0 aromatic heterocycles. The van der Waals surface area contributed by atoms with Gasteiger partial charge in [-0.25, -0.2) is 4.39 Å². The van der Waals surface area contributed by atoms with E-state index in [1.54, 1.807) is 6.07 Å². The lowest BCUT2D eigenvalue weighted by molar-refractivity contribution is 0.630. The van der Waals surface area contributed by atoms with Crippen LogP contribution in [0.2, 0.25) is 0 Å². The fourth-order valence-electron chi connectivity index (χ4n) is 1.49.